The summed E-state index contributed by atoms with van der Waals surface area (Å²) < 4.78 is 0. The van der Waals surface area contributed by atoms with Crippen LogP contribution in [0.2, 0.25) is 0 Å². The average molecular weight is 160 g/mol. The molecule has 1 aromatic heterocycles. The number of hydrogen-bond acceptors (Lipinski definition) is 3. The molecule has 0 spiro atoms. The van der Waals surface area contributed by atoms with Gasteiger partial charge in [-0.25, -0.2) is 0 Å². The largest absolute Gasteiger partial charge is 0.506 e. The first-order chi connectivity index (χ1) is 5.83. The molecule has 0 unspecified atom stereocenters. The molecule has 0 aliphatic heterocycles. The molecule has 3 heteroatoms. The normalized spacial score (nSPS) is 9.92. The second-order valence-corrected chi connectivity index (χ2v) is 2.21. The number of nitrogens with zero attached hydrogens (tertiary/aromatic N) is 2. The highest BCUT2D eigenvalue weighted by Crippen LogP contribution is 2.06. The quantitative estimate of drug-likeness (QED) is 0.716. The van der Waals surface area contributed by atoms with Gasteiger partial charge in [-0.05, 0) is 18.2 Å². The summed E-state index contributed by atoms with van der Waals surface area (Å²) in [6, 6.07) is 5.22. The van der Waals surface area contributed by atoms with E-state index in [0.717, 1.165) is 5.69 Å². The van der Waals surface area contributed by atoms with Gasteiger partial charge in [0.25, 0.3) is 0 Å². The van der Waals surface area contributed by atoms with Gasteiger partial charge in [-0.3, -0.25) is 4.98 Å². The number of allylic oxidation sites excluding steroid dienone is 1. The van der Waals surface area contributed by atoms with Gasteiger partial charge in [0.1, 0.15) is 5.75 Å². The molecule has 1 heterocycles. The molecular weight excluding hydrogens is 152 g/mol. The van der Waals surface area contributed by atoms with Crippen LogP contribution in [0.3, 0.4) is 0 Å². The first-order valence-corrected chi connectivity index (χ1v) is 3.51. The van der Waals surface area contributed by atoms with E-state index in [9.17, 15) is 0 Å². The predicted molar refractivity (Wildman–Crippen MR) is 45.2 cm³/mol. The zero-order chi connectivity index (χ0) is 8.81. The van der Waals surface area contributed by atoms with Crippen LogP contribution < -0.4 is 0 Å². The minimum absolute atomic E-state index is 0.146. The maximum absolute atomic E-state index is 8.89. The van der Waals surface area contributed by atoms with Crippen molar-refractivity contribution in [2.75, 3.05) is 0 Å². The lowest BCUT2D eigenvalue weighted by Crippen LogP contribution is -1.77. The van der Waals surface area contributed by atoms with Crippen molar-refractivity contribution in [3.63, 3.8) is 0 Å². The van der Waals surface area contributed by atoms with Gasteiger partial charge >= 0.3 is 0 Å². The van der Waals surface area contributed by atoms with Crippen molar-refractivity contribution < 1.29 is 5.11 Å². The molecule has 0 saturated heterocycles. The number of pyridine rings is 1. The second kappa shape index (κ2) is 4.14. The monoisotopic (exact) mass is 160 g/mol. The Bertz CT molecular complexity index is 308. The Morgan fingerprint density at radius 1 is 1.58 bits per heavy atom. The maximum atomic E-state index is 8.89. The van der Waals surface area contributed by atoms with E-state index in [1.165, 1.54) is 6.20 Å². The smallest absolute Gasteiger partial charge is 0.133 e. The highest BCUT2D eigenvalue weighted by molar-refractivity contribution is 5.45. The van der Waals surface area contributed by atoms with Crippen LogP contribution in [0.5, 0.6) is 5.75 Å². The minimum atomic E-state index is 0.146. The van der Waals surface area contributed by atoms with Gasteiger partial charge in [-0.1, -0.05) is 6.08 Å². The number of aromatic hydroxyl groups is 1. The molecule has 0 amide bonds. The Hall–Kier alpha value is -1.82. The van der Waals surface area contributed by atoms with E-state index in [-0.39, 0.29) is 5.75 Å². The zero-order valence-corrected chi connectivity index (χ0v) is 6.44. The third-order valence-electron chi connectivity index (χ3n) is 1.27. The fourth-order valence-electron chi connectivity index (χ4n) is 0.728. The first kappa shape index (κ1) is 8.28. The number of hydrogen-bond donors (Lipinski definition) is 1. The fraction of sp³-hybridized carbons (Fsp3) is 0.111. The molecule has 0 atom stereocenters. The number of rotatable bonds is 2. The highest BCUT2D eigenvalue weighted by Gasteiger charge is 1.87. The number of nitriles is 1. The molecule has 1 rings (SSSR count). The Kier molecular flexibility index (Phi) is 2.86. The van der Waals surface area contributed by atoms with Crippen LogP contribution in [0.4, 0.5) is 0 Å². The summed E-state index contributed by atoms with van der Waals surface area (Å²) in [5.74, 6) is 0.146. The molecule has 0 bridgehead atoms. The van der Waals surface area contributed by atoms with Crippen LogP contribution in [0, 0.1) is 11.3 Å². The van der Waals surface area contributed by atoms with Crippen LogP contribution in [0.15, 0.2) is 24.4 Å². The molecule has 0 fully saturated rings. The van der Waals surface area contributed by atoms with Crippen LogP contribution in [-0.4, -0.2) is 10.1 Å². The van der Waals surface area contributed by atoms with Crippen molar-refractivity contribution in [1.82, 2.24) is 4.98 Å². The Balaban J connectivity index is 2.66. The van der Waals surface area contributed by atoms with Crippen LogP contribution >= 0.6 is 0 Å². The summed E-state index contributed by atoms with van der Waals surface area (Å²) in [5.41, 5.74) is 0.739. The van der Waals surface area contributed by atoms with Crippen molar-refractivity contribution in [3.05, 3.63) is 30.1 Å². The summed E-state index contributed by atoms with van der Waals surface area (Å²) in [5, 5.41) is 17.1. The summed E-state index contributed by atoms with van der Waals surface area (Å²) in [7, 11) is 0. The molecule has 3 nitrogen and oxygen atoms in total. The molecule has 12 heavy (non-hydrogen) atoms. The lowest BCUT2D eigenvalue weighted by Gasteiger charge is -1.91. The van der Waals surface area contributed by atoms with Gasteiger partial charge in [0, 0.05) is 0 Å². The molecule has 0 aliphatic rings. The van der Waals surface area contributed by atoms with E-state index in [4.69, 9.17) is 10.4 Å². The molecular formula is C9H8N2O. The van der Waals surface area contributed by atoms with E-state index >= 15 is 0 Å². The maximum Gasteiger partial charge on any atom is 0.133 e. The van der Waals surface area contributed by atoms with E-state index in [1.807, 2.05) is 6.07 Å². The average Bonchev–Trinajstić information content (AvgIpc) is 2.09. The minimum Gasteiger partial charge on any atom is -0.506 e. The van der Waals surface area contributed by atoms with Crippen LogP contribution in [0.1, 0.15) is 12.1 Å². The second-order valence-electron chi connectivity index (χ2n) is 2.21. The SMILES string of the molecule is N#CCC=Cc1ccc(O)cn1. The van der Waals surface area contributed by atoms with Gasteiger partial charge in [0.15, 0.2) is 0 Å². The van der Waals surface area contributed by atoms with Crippen LogP contribution in [0.25, 0.3) is 6.08 Å². The van der Waals surface area contributed by atoms with Crippen molar-refractivity contribution >= 4 is 6.08 Å². The summed E-state index contributed by atoms with van der Waals surface area (Å²) in [6.07, 6.45) is 5.21. The highest BCUT2D eigenvalue weighted by atomic mass is 16.3. The predicted octanol–water partition coefficient (Wildman–Crippen LogP) is 1.71. The summed E-state index contributed by atoms with van der Waals surface area (Å²) >= 11 is 0. The van der Waals surface area contributed by atoms with E-state index in [2.05, 4.69) is 4.98 Å². The van der Waals surface area contributed by atoms with Gasteiger partial charge in [-0.15, -0.1) is 0 Å². The van der Waals surface area contributed by atoms with Crippen molar-refractivity contribution in [2.45, 2.75) is 6.42 Å². The van der Waals surface area contributed by atoms with Crippen molar-refractivity contribution in [2.24, 2.45) is 0 Å². The Labute approximate surface area is 70.6 Å². The molecule has 60 valence electrons. The number of aromatic nitrogens is 1. The van der Waals surface area contributed by atoms with Gasteiger partial charge < -0.3 is 5.11 Å². The van der Waals surface area contributed by atoms with Gasteiger partial charge in [0.05, 0.1) is 24.4 Å². The van der Waals surface area contributed by atoms with Crippen molar-refractivity contribution in [1.29, 1.82) is 5.26 Å². The third-order valence-corrected chi connectivity index (χ3v) is 1.27. The summed E-state index contributed by atoms with van der Waals surface area (Å²) in [4.78, 5) is 3.90. The van der Waals surface area contributed by atoms with Crippen molar-refractivity contribution in [3.8, 4) is 11.8 Å². The van der Waals surface area contributed by atoms with Gasteiger partial charge in [0.2, 0.25) is 0 Å². The first-order valence-electron chi connectivity index (χ1n) is 3.51. The van der Waals surface area contributed by atoms with E-state index < -0.39 is 0 Å². The molecule has 1 aromatic rings. The molecule has 0 radical (unpaired) electrons. The zero-order valence-electron chi connectivity index (χ0n) is 6.44. The van der Waals surface area contributed by atoms with Crippen LogP contribution in [-0.2, 0) is 0 Å². The fourth-order valence-corrected chi connectivity index (χ4v) is 0.728. The van der Waals surface area contributed by atoms with Gasteiger partial charge in [-0.2, -0.15) is 5.26 Å². The summed E-state index contributed by atoms with van der Waals surface area (Å²) in [6.45, 7) is 0. The standard InChI is InChI=1S/C9H8N2O/c10-6-2-1-3-8-4-5-9(12)7-11-8/h1,3-5,7,12H,2H2. The Morgan fingerprint density at radius 3 is 3.00 bits per heavy atom. The topological polar surface area (TPSA) is 56.9 Å². The molecule has 1 N–H and O–H groups in total. The lowest BCUT2D eigenvalue weighted by atomic mass is 10.3. The Morgan fingerprint density at radius 2 is 2.42 bits per heavy atom. The molecule has 0 aliphatic carbocycles. The molecule has 0 saturated carbocycles. The molecule has 0 aromatic carbocycles. The lowest BCUT2D eigenvalue weighted by molar-refractivity contribution is 0.472. The van der Waals surface area contributed by atoms with E-state index in [0.29, 0.717) is 6.42 Å². The third kappa shape index (κ3) is 2.43. The van der Waals surface area contributed by atoms with E-state index in [1.54, 1.807) is 24.3 Å².